The van der Waals surface area contributed by atoms with Crippen LogP contribution in [-0.2, 0) is 0 Å². The van der Waals surface area contributed by atoms with Gasteiger partial charge in [0.05, 0.1) is 7.11 Å². The zero-order valence-electron chi connectivity index (χ0n) is 11.5. The molecule has 0 saturated carbocycles. The molecule has 106 valence electrons. The zero-order chi connectivity index (χ0) is 13.7. The van der Waals surface area contributed by atoms with E-state index >= 15 is 0 Å². The molecule has 0 aliphatic carbocycles. The molecule has 1 aromatic heterocycles. The first-order valence-corrected chi connectivity index (χ1v) is 6.52. The number of nitrogen functional groups attached to an aromatic ring is 1. The summed E-state index contributed by atoms with van der Waals surface area (Å²) < 4.78 is 5.29. The topological polar surface area (TPSA) is 88.3 Å². The molecule has 0 amide bonds. The van der Waals surface area contributed by atoms with Gasteiger partial charge in [-0.15, -0.1) is 0 Å². The van der Waals surface area contributed by atoms with Crippen LogP contribution >= 0.6 is 0 Å². The third-order valence-corrected chi connectivity index (χ3v) is 3.42. The predicted octanol–water partition coefficient (Wildman–Crippen LogP) is 0.524. The van der Waals surface area contributed by atoms with Gasteiger partial charge in [0, 0.05) is 13.1 Å². The molecule has 1 unspecified atom stereocenters. The lowest BCUT2D eigenvalue weighted by atomic mass is 9.98. The first-order valence-electron chi connectivity index (χ1n) is 6.52. The van der Waals surface area contributed by atoms with E-state index in [-0.39, 0.29) is 0 Å². The van der Waals surface area contributed by atoms with E-state index in [1.54, 1.807) is 7.11 Å². The van der Waals surface area contributed by atoms with Crippen LogP contribution < -0.4 is 21.3 Å². The highest BCUT2D eigenvalue weighted by molar-refractivity contribution is 5.62. The quantitative estimate of drug-likeness (QED) is 0.529. The molecule has 2 heterocycles. The molecule has 19 heavy (non-hydrogen) atoms. The highest BCUT2D eigenvalue weighted by atomic mass is 16.5. The Bertz CT molecular complexity index is 413. The largest absolute Gasteiger partial charge is 0.490 e. The second-order valence-electron chi connectivity index (χ2n) is 4.90. The fraction of sp³-hybridized carbons (Fsp3) is 0.667. The molecule has 1 atom stereocenters. The molecule has 1 aliphatic rings. The van der Waals surface area contributed by atoms with Gasteiger partial charge in [0.25, 0.3) is 0 Å². The number of hydrogen-bond donors (Lipinski definition) is 3. The molecule has 1 saturated heterocycles. The second kappa shape index (κ2) is 6.53. The van der Waals surface area contributed by atoms with Crippen LogP contribution in [0.3, 0.4) is 0 Å². The van der Waals surface area contributed by atoms with Gasteiger partial charge in [0.1, 0.15) is 6.33 Å². The molecule has 0 radical (unpaired) electrons. The molecular formula is C12H22N6O. The van der Waals surface area contributed by atoms with Crippen LogP contribution in [0, 0.1) is 5.92 Å². The van der Waals surface area contributed by atoms with Crippen molar-refractivity contribution in [1.82, 2.24) is 14.9 Å². The molecule has 7 nitrogen and oxygen atoms in total. The number of nitrogens with one attached hydrogen (secondary N) is 2. The van der Waals surface area contributed by atoms with Gasteiger partial charge in [0.2, 0.25) is 5.75 Å². The average Bonchev–Trinajstić information content (AvgIpc) is 2.44. The van der Waals surface area contributed by atoms with E-state index in [1.165, 1.54) is 25.7 Å². The Morgan fingerprint density at radius 3 is 2.95 bits per heavy atom. The lowest BCUT2D eigenvalue weighted by Gasteiger charge is -2.29. The minimum Gasteiger partial charge on any atom is -0.490 e. The van der Waals surface area contributed by atoms with Crippen LogP contribution in [0.5, 0.6) is 5.75 Å². The van der Waals surface area contributed by atoms with E-state index in [1.807, 2.05) is 0 Å². The Hall–Kier alpha value is -1.60. The number of hydrogen-bond acceptors (Lipinski definition) is 7. The van der Waals surface area contributed by atoms with E-state index in [0.717, 1.165) is 13.1 Å². The maximum atomic E-state index is 5.40. The van der Waals surface area contributed by atoms with Crippen molar-refractivity contribution in [3.05, 3.63) is 6.33 Å². The number of aromatic nitrogens is 2. The van der Waals surface area contributed by atoms with E-state index < -0.39 is 0 Å². The van der Waals surface area contributed by atoms with Gasteiger partial charge in [-0.2, -0.15) is 0 Å². The molecular weight excluding hydrogens is 244 g/mol. The fourth-order valence-corrected chi connectivity index (χ4v) is 2.48. The number of hydrazine groups is 1. The number of nitrogens with two attached hydrogens (primary N) is 1. The van der Waals surface area contributed by atoms with Crippen LogP contribution in [0.15, 0.2) is 6.33 Å². The Morgan fingerprint density at radius 1 is 1.47 bits per heavy atom. The minimum absolute atomic E-state index is 0.487. The van der Waals surface area contributed by atoms with Crippen molar-refractivity contribution >= 4 is 11.6 Å². The molecule has 2 rings (SSSR count). The lowest BCUT2D eigenvalue weighted by Crippen LogP contribution is -2.35. The first-order chi connectivity index (χ1) is 9.24. The zero-order valence-corrected chi connectivity index (χ0v) is 11.5. The number of nitrogens with zero attached hydrogens (tertiary/aromatic N) is 3. The molecule has 0 spiro atoms. The highest BCUT2D eigenvalue weighted by Gasteiger charge is 2.18. The maximum Gasteiger partial charge on any atom is 0.205 e. The fourth-order valence-electron chi connectivity index (χ4n) is 2.48. The average molecular weight is 266 g/mol. The van der Waals surface area contributed by atoms with Gasteiger partial charge in [-0.1, -0.05) is 0 Å². The van der Waals surface area contributed by atoms with Gasteiger partial charge < -0.3 is 20.4 Å². The number of rotatable bonds is 5. The normalized spacial score (nSPS) is 20.1. The summed E-state index contributed by atoms with van der Waals surface area (Å²) >= 11 is 0. The van der Waals surface area contributed by atoms with Crippen LogP contribution in [0.25, 0.3) is 0 Å². The summed E-state index contributed by atoms with van der Waals surface area (Å²) in [6.45, 7) is 3.18. The van der Waals surface area contributed by atoms with Crippen LogP contribution in [-0.4, -0.2) is 48.7 Å². The van der Waals surface area contributed by atoms with E-state index in [9.17, 15) is 0 Å². The molecule has 1 aliphatic heterocycles. The SMILES string of the molecule is COc1c(NN)ncnc1NCC1CCCN(C)C1. The van der Waals surface area contributed by atoms with Crippen molar-refractivity contribution in [2.24, 2.45) is 11.8 Å². The Labute approximate surface area is 113 Å². The Kier molecular flexibility index (Phi) is 4.75. The van der Waals surface area contributed by atoms with Crippen molar-refractivity contribution < 1.29 is 4.74 Å². The van der Waals surface area contributed by atoms with Crippen LogP contribution in [0.2, 0.25) is 0 Å². The van der Waals surface area contributed by atoms with E-state index in [0.29, 0.717) is 23.3 Å². The number of ether oxygens (including phenoxy) is 1. The van der Waals surface area contributed by atoms with Crippen molar-refractivity contribution in [2.75, 3.05) is 44.5 Å². The van der Waals surface area contributed by atoms with Gasteiger partial charge in [0.15, 0.2) is 11.6 Å². The van der Waals surface area contributed by atoms with Gasteiger partial charge in [-0.05, 0) is 32.4 Å². The van der Waals surface area contributed by atoms with Crippen molar-refractivity contribution in [3.8, 4) is 5.75 Å². The van der Waals surface area contributed by atoms with E-state index in [2.05, 4.69) is 32.7 Å². The summed E-state index contributed by atoms with van der Waals surface area (Å²) in [6.07, 6.45) is 3.96. The van der Waals surface area contributed by atoms with Crippen molar-refractivity contribution in [2.45, 2.75) is 12.8 Å². The van der Waals surface area contributed by atoms with Crippen molar-refractivity contribution in [3.63, 3.8) is 0 Å². The summed E-state index contributed by atoms with van der Waals surface area (Å²) in [5.74, 6) is 7.75. The number of likely N-dealkylation sites (tertiary alicyclic amines) is 1. The molecule has 1 fully saturated rings. The summed E-state index contributed by atoms with van der Waals surface area (Å²) in [6, 6.07) is 0. The van der Waals surface area contributed by atoms with E-state index in [4.69, 9.17) is 10.6 Å². The Morgan fingerprint density at radius 2 is 2.26 bits per heavy atom. The monoisotopic (exact) mass is 266 g/mol. The second-order valence-corrected chi connectivity index (χ2v) is 4.90. The third-order valence-electron chi connectivity index (χ3n) is 3.42. The maximum absolute atomic E-state index is 5.40. The highest BCUT2D eigenvalue weighted by Crippen LogP contribution is 2.28. The first kappa shape index (κ1) is 13.8. The summed E-state index contributed by atoms with van der Waals surface area (Å²) in [5.41, 5.74) is 2.51. The van der Waals surface area contributed by atoms with Gasteiger partial charge >= 0.3 is 0 Å². The predicted molar refractivity (Wildman–Crippen MR) is 75.1 cm³/mol. The number of piperidine rings is 1. The van der Waals surface area contributed by atoms with Crippen LogP contribution in [0.4, 0.5) is 11.6 Å². The molecule has 0 bridgehead atoms. The number of anilines is 2. The molecule has 7 heteroatoms. The number of methoxy groups -OCH3 is 1. The molecule has 1 aromatic rings. The third kappa shape index (κ3) is 3.45. The van der Waals surface area contributed by atoms with Crippen LogP contribution in [0.1, 0.15) is 12.8 Å². The molecule has 0 aromatic carbocycles. The Balaban J connectivity index is 1.99. The van der Waals surface area contributed by atoms with Gasteiger partial charge in [-0.3, -0.25) is 0 Å². The van der Waals surface area contributed by atoms with Gasteiger partial charge in [-0.25, -0.2) is 15.8 Å². The van der Waals surface area contributed by atoms with Crippen molar-refractivity contribution in [1.29, 1.82) is 0 Å². The summed E-state index contributed by atoms with van der Waals surface area (Å²) in [7, 11) is 3.74. The molecule has 4 N–H and O–H groups in total. The summed E-state index contributed by atoms with van der Waals surface area (Å²) in [4.78, 5) is 10.6. The lowest BCUT2D eigenvalue weighted by molar-refractivity contribution is 0.217. The summed E-state index contributed by atoms with van der Waals surface area (Å²) in [5, 5.41) is 3.33. The smallest absolute Gasteiger partial charge is 0.205 e. The standard InChI is InChI=1S/C12H22N6O/c1-18-5-3-4-9(7-18)6-14-11-10(19-2)12(17-13)16-8-15-11/h8-9H,3-7,13H2,1-2H3,(H2,14,15,16,17). The minimum atomic E-state index is 0.487.